The summed E-state index contributed by atoms with van der Waals surface area (Å²) in [5, 5.41) is 12.9. The molecule has 1 aliphatic rings. The Kier molecular flexibility index (Phi) is 6.15. The molecule has 4 rings (SSSR count). The van der Waals surface area contributed by atoms with Crippen LogP contribution in [0.1, 0.15) is 41.4 Å². The molecule has 0 radical (unpaired) electrons. The zero-order valence-corrected chi connectivity index (χ0v) is 18.1. The second-order valence-electron chi connectivity index (χ2n) is 7.85. The smallest absolute Gasteiger partial charge is 0.254 e. The van der Waals surface area contributed by atoms with Crippen LogP contribution >= 0.6 is 0 Å². The molecule has 1 aliphatic heterocycles. The molecule has 0 bridgehead atoms. The Balaban J connectivity index is 1.76. The second-order valence-corrected chi connectivity index (χ2v) is 7.85. The molecule has 0 saturated carbocycles. The fourth-order valence-corrected chi connectivity index (χ4v) is 3.89. The molecule has 2 heterocycles. The van der Waals surface area contributed by atoms with Crippen LogP contribution in [0.3, 0.4) is 0 Å². The van der Waals surface area contributed by atoms with Gasteiger partial charge in [-0.2, -0.15) is 5.26 Å². The molecule has 1 N–H and O–H groups in total. The number of carbonyl (C=O) groups is 2. The average Bonchev–Trinajstić information content (AvgIpc) is 2.82. The summed E-state index contributed by atoms with van der Waals surface area (Å²) in [5.74, 6) is -0.153. The zero-order chi connectivity index (χ0) is 22.7. The average molecular weight is 428 g/mol. The molecule has 1 fully saturated rings. The largest absolute Gasteiger partial charge is 0.378 e. The summed E-state index contributed by atoms with van der Waals surface area (Å²) in [6.45, 7) is 5.55. The Labute approximate surface area is 186 Å². The number of ether oxygens (including phenoxy) is 1. The first-order valence-electron chi connectivity index (χ1n) is 10.6. The first kappa shape index (κ1) is 21.5. The summed E-state index contributed by atoms with van der Waals surface area (Å²) in [6.07, 6.45) is 0. The van der Waals surface area contributed by atoms with Gasteiger partial charge in [-0.3, -0.25) is 9.59 Å². The Hall–Kier alpha value is -3.76. The number of hydrogen-bond acceptors (Lipinski definition) is 5. The summed E-state index contributed by atoms with van der Waals surface area (Å²) in [4.78, 5) is 31.2. The first-order valence-corrected chi connectivity index (χ1v) is 10.6. The summed E-state index contributed by atoms with van der Waals surface area (Å²) < 4.78 is 5.38. The van der Waals surface area contributed by atoms with Gasteiger partial charge in [-0.15, -0.1) is 0 Å². The second kappa shape index (κ2) is 9.16. The highest BCUT2D eigenvalue weighted by Crippen LogP contribution is 2.28. The van der Waals surface area contributed by atoms with Crippen molar-refractivity contribution in [2.24, 2.45) is 0 Å². The Morgan fingerprint density at radius 3 is 2.50 bits per heavy atom. The van der Waals surface area contributed by atoms with E-state index in [-0.39, 0.29) is 17.9 Å². The molecule has 0 spiro atoms. The number of amides is 2. The van der Waals surface area contributed by atoms with E-state index in [1.54, 1.807) is 23.1 Å². The molecule has 2 aromatic carbocycles. The van der Waals surface area contributed by atoms with E-state index < -0.39 is 0 Å². The van der Waals surface area contributed by atoms with Crippen LogP contribution in [-0.2, 0) is 9.53 Å². The predicted molar refractivity (Wildman–Crippen MR) is 121 cm³/mol. The highest BCUT2D eigenvalue weighted by atomic mass is 16.5. The fraction of sp³-hybridized carbons (Fsp3) is 0.280. The van der Waals surface area contributed by atoms with Gasteiger partial charge in [-0.25, -0.2) is 4.98 Å². The third kappa shape index (κ3) is 4.46. The number of fused-ring (bicyclic) bond motifs is 1. The van der Waals surface area contributed by atoms with E-state index in [4.69, 9.17) is 9.72 Å². The molecular formula is C25H24N4O3. The van der Waals surface area contributed by atoms with Crippen molar-refractivity contribution in [2.75, 3.05) is 26.3 Å². The SMILES string of the molecule is CC(=O)NC(C)c1ccc(-c2cc(C(=O)N3CCOCC3)c3ccc(C#N)cc3n2)cc1. The normalized spacial score (nSPS) is 14.6. The molecule has 7 heteroatoms. The lowest BCUT2D eigenvalue weighted by molar-refractivity contribution is -0.119. The molecule has 32 heavy (non-hydrogen) atoms. The number of aromatic nitrogens is 1. The number of benzene rings is 2. The lowest BCUT2D eigenvalue weighted by atomic mass is 10.00. The van der Waals surface area contributed by atoms with Crippen LogP contribution in [0, 0.1) is 11.3 Å². The molecule has 1 atom stereocenters. The molecular weight excluding hydrogens is 404 g/mol. The molecule has 3 aromatic rings. The lowest BCUT2D eigenvalue weighted by Gasteiger charge is -2.27. The standard InChI is InChI=1S/C25H24N4O3/c1-16(27-17(2)30)19-4-6-20(7-5-19)23-14-22(25(31)29-9-11-32-12-10-29)21-8-3-18(15-26)13-24(21)28-23/h3-8,13-14,16H,9-12H2,1-2H3,(H,27,30). The Morgan fingerprint density at radius 1 is 1.12 bits per heavy atom. The first-order chi connectivity index (χ1) is 15.5. The molecule has 1 unspecified atom stereocenters. The number of morpholine rings is 1. The number of nitrogens with zero attached hydrogens (tertiary/aromatic N) is 3. The van der Waals surface area contributed by atoms with Gasteiger partial charge in [0, 0.05) is 31.0 Å². The Morgan fingerprint density at radius 2 is 1.84 bits per heavy atom. The minimum Gasteiger partial charge on any atom is -0.378 e. The van der Waals surface area contributed by atoms with Gasteiger partial charge in [0.05, 0.1) is 47.7 Å². The summed E-state index contributed by atoms with van der Waals surface area (Å²) in [6, 6.07) is 16.8. The Bertz CT molecular complexity index is 1210. The van der Waals surface area contributed by atoms with Gasteiger partial charge < -0.3 is 15.0 Å². The third-order valence-corrected chi connectivity index (χ3v) is 5.59. The van der Waals surface area contributed by atoms with Crippen molar-refractivity contribution >= 4 is 22.7 Å². The summed E-state index contributed by atoms with van der Waals surface area (Å²) in [5.41, 5.74) is 4.14. The van der Waals surface area contributed by atoms with E-state index in [0.29, 0.717) is 48.6 Å². The van der Waals surface area contributed by atoms with Crippen LogP contribution in [0.15, 0.2) is 48.5 Å². The molecule has 1 saturated heterocycles. The number of pyridine rings is 1. The van der Waals surface area contributed by atoms with Crippen molar-refractivity contribution in [2.45, 2.75) is 19.9 Å². The number of hydrogen-bond donors (Lipinski definition) is 1. The van der Waals surface area contributed by atoms with E-state index in [1.165, 1.54) is 6.92 Å². The van der Waals surface area contributed by atoms with Gasteiger partial charge in [0.25, 0.3) is 5.91 Å². The van der Waals surface area contributed by atoms with E-state index in [2.05, 4.69) is 11.4 Å². The van der Waals surface area contributed by atoms with Gasteiger partial charge in [-0.1, -0.05) is 30.3 Å². The predicted octanol–water partition coefficient (Wildman–Crippen LogP) is 3.44. The van der Waals surface area contributed by atoms with Crippen LogP contribution in [-0.4, -0.2) is 48.0 Å². The molecule has 0 aliphatic carbocycles. The number of nitrogens with one attached hydrogen (secondary N) is 1. The van der Waals surface area contributed by atoms with Crippen LogP contribution < -0.4 is 5.32 Å². The third-order valence-electron chi connectivity index (χ3n) is 5.59. The number of nitriles is 1. The van der Waals surface area contributed by atoms with Crippen molar-refractivity contribution in [3.8, 4) is 17.3 Å². The molecule has 1 aromatic heterocycles. The van der Waals surface area contributed by atoms with Gasteiger partial charge in [0.15, 0.2) is 0 Å². The van der Waals surface area contributed by atoms with Crippen molar-refractivity contribution in [3.63, 3.8) is 0 Å². The van der Waals surface area contributed by atoms with Crippen LogP contribution in [0.25, 0.3) is 22.2 Å². The molecule has 2 amide bonds. The van der Waals surface area contributed by atoms with Crippen LogP contribution in [0.4, 0.5) is 0 Å². The van der Waals surface area contributed by atoms with Crippen molar-refractivity contribution in [1.29, 1.82) is 5.26 Å². The van der Waals surface area contributed by atoms with Crippen LogP contribution in [0.5, 0.6) is 0 Å². The van der Waals surface area contributed by atoms with E-state index >= 15 is 0 Å². The topological polar surface area (TPSA) is 95.3 Å². The van der Waals surface area contributed by atoms with Crippen molar-refractivity contribution in [3.05, 3.63) is 65.2 Å². The minimum absolute atomic E-state index is 0.0671. The maximum atomic E-state index is 13.3. The number of rotatable bonds is 4. The van der Waals surface area contributed by atoms with Gasteiger partial charge in [-0.05, 0) is 30.7 Å². The highest BCUT2D eigenvalue weighted by Gasteiger charge is 2.22. The maximum absolute atomic E-state index is 13.3. The van der Waals surface area contributed by atoms with E-state index in [1.807, 2.05) is 37.3 Å². The van der Waals surface area contributed by atoms with Gasteiger partial charge >= 0.3 is 0 Å². The van der Waals surface area contributed by atoms with Gasteiger partial charge in [0.2, 0.25) is 5.91 Å². The van der Waals surface area contributed by atoms with Gasteiger partial charge in [0.1, 0.15) is 0 Å². The summed E-state index contributed by atoms with van der Waals surface area (Å²) >= 11 is 0. The maximum Gasteiger partial charge on any atom is 0.254 e. The van der Waals surface area contributed by atoms with E-state index in [9.17, 15) is 14.9 Å². The van der Waals surface area contributed by atoms with Crippen LogP contribution in [0.2, 0.25) is 0 Å². The summed E-state index contributed by atoms with van der Waals surface area (Å²) in [7, 11) is 0. The fourth-order valence-electron chi connectivity index (χ4n) is 3.89. The zero-order valence-electron chi connectivity index (χ0n) is 18.1. The minimum atomic E-state index is -0.109. The molecule has 162 valence electrons. The quantitative estimate of drug-likeness (QED) is 0.687. The van der Waals surface area contributed by atoms with Crippen molar-refractivity contribution in [1.82, 2.24) is 15.2 Å². The highest BCUT2D eigenvalue weighted by molar-refractivity contribution is 6.07. The molecule has 7 nitrogen and oxygen atoms in total. The number of carbonyl (C=O) groups excluding carboxylic acids is 2. The van der Waals surface area contributed by atoms with E-state index in [0.717, 1.165) is 16.5 Å². The lowest BCUT2D eigenvalue weighted by Crippen LogP contribution is -2.40. The monoisotopic (exact) mass is 428 g/mol. The van der Waals surface area contributed by atoms with Crippen molar-refractivity contribution < 1.29 is 14.3 Å².